The van der Waals surface area contributed by atoms with E-state index in [1.165, 1.54) is 39.2 Å². The van der Waals surface area contributed by atoms with E-state index in [1.807, 2.05) is 0 Å². The maximum atomic E-state index is 13.4. The number of halogens is 3. The van der Waals surface area contributed by atoms with Crippen molar-refractivity contribution in [1.29, 1.82) is 0 Å². The van der Waals surface area contributed by atoms with Gasteiger partial charge in [-0.25, -0.2) is 8.78 Å². The minimum Gasteiger partial charge on any atom is -0.495 e. The summed E-state index contributed by atoms with van der Waals surface area (Å²) in [5.41, 5.74) is -0.731. The lowest BCUT2D eigenvalue weighted by Crippen LogP contribution is -2.27. The van der Waals surface area contributed by atoms with E-state index in [9.17, 15) is 13.6 Å². The van der Waals surface area contributed by atoms with Gasteiger partial charge in [0.15, 0.2) is 0 Å². The molecule has 2 rings (SSSR count). The van der Waals surface area contributed by atoms with Crippen LogP contribution in [-0.2, 0) is 0 Å². The zero-order valence-corrected chi connectivity index (χ0v) is 12.2. The normalized spacial score (nSPS) is 22.2. The second-order valence-electron chi connectivity index (χ2n) is 5.46. The van der Waals surface area contributed by atoms with Crippen LogP contribution < -0.4 is 10.1 Å². The molecule has 1 fully saturated rings. The number of benzene rings is 1. The third-order valence-electron chi connectivity index (χ3n) is 3.96. The van der Waals surface area contributed by atoms with Crippen molar-refractivity contribution in [2.24, 2.45) is 11.3 Å². The molecule has 1 N–H and O–H groups in total. The number of methoxy groups -OCH3 is 1. The van der Waals surface area contributed by atoms with Gasteiger partial charge in [0.2, 0.25) is 0 Å². The van der Waals surface area contributed by atoms with Crippen molar-refractivity contribution in [2.45, 2.75) is 19.8 Å². The number of amides is 1. The highest BCUT2D eigenvalue weighted by atomic mass is 35.5. The van der Waals surface area contributed by atoms with Crippen molar-refractivity contribution in [3.63, 3.8) is 0 Å². The van der Waals surface area contributed by atoms with E-state index in [2.05, 4.69) is 5.32 Å². The van der Waals surface area contributed by atoms with Crippen LogP contribution >= 0.6 is 11.6 Å². The molecule has 1 saturated carbocycles. The van der Waals surface area contributed by atoms with Gasteiger partial charge in [0.25, 0.3) is 11.8 Å². The van der Waals surface area contributed by atoms with E-state index in [0.717, 1.165) is 0 Å². The zero-order valence-electron chi connectivity index (χ0n) is 11.5. The molecule has 0 bridgehead atoms. The lowest BCUT2D eigenvalue weighted by molar-refractivity contribution is 0.0661. The Kier molecular flexibility index (Phi) is 3.67. The Hall–Kier alpha value is -1.36. The summed E-state index contributed by atoms with van der Waals surface area (Å²) in [6.07, 6.45) is 0. The average Bonchev–Trinajstić information content (AvgIpc) is 2.77. The summed E-state index contributed by atoms with van der Waals surface area (Å²) in [6.45, 7) is 2.94. The summed E-state index contributed by atoms with van der Waals surface area (Å²) in [5.74, 6) is -3.60. The predicted octanol–water partition coefficient (Wildman–Crippen LogP) is 3.37. The summed E-state index contributed by atoms with van der Waals surface area (Å²) in [4.78, 5) is 11.9. The van der Waals surface area contributed by atoms with E-state index in [1.54, 1.807) is 0 Å². The highest BCUT2D eigenvalue weighted by molar-refractivity contribution is 6.32. The smallest absolute Gasteiger partial charge is 0.258 e. The van der Waals surface area contributed by atoms with Gasteiger partial charge in [0.1, 0.15) is 5.75 Å². The van der Waals surface area contributed by atoms with E-state index in [-0.39, 0.29) is 6.54 Å². The van der Waals surface area contributed by atoms with Crippen LogP contribution in [0, 0.1) is 11.3 Å². The van der Waals surface area contributed by atoms with Crippen LogP contribution in [0.15, 0.2) is 18.2 Å². The van der Waals surface area contributed by atoms with E-state index in [0.29, 0.717) is 16.3 Å². The molecule has 1 atom stereocenters. The van der Waals surface area contributed by atoms with Crippen LogP contribution in [0.4, 0.5) is 8.78 Å². The number of carbonyl (C=O) groups excluding carboxylic acids is 1. The SMILES string of the molecule is COc1cc(C(=O)NCC2C(C)(C)C2(F)F)ccc1Cl. The van der Waals surface area contributed by atoms with Gasteiger partial charge in [-0.3, -0.25) is 4.79 Å². The molecule has 0 saturated heterocycles. The monoisotopic (exact) mass is 303 g/mol. The molecule has 1 amide bonds. The van der Waals surface area contributed by atoms with Crippen LogP contribution in [0.25, 0.3) is 0 Å². The molecular weight excluding hydrogens is 288 g/mol. The topological polar surface area (TPSA) is 38.3 Å². The summed E-state index contributed by atoms with van der Waals surface area (Å²) in [6, 6.07) is 4.54. The second-order valence-corrected chi connectivity index (χ2v) is 5.86. The Labute approximate surface area is 121 Å². The van der Waals surface area contributed by atoms with Crippen LogP contribution in [0.3, 0.4) is 0 Å². The van der Waals surface area contributed by atoms with E-state index in [4.69, 9.17) is 16.3 Å². The quantitative estimate of drug-likeness (QED) is 0.926. The van der Waals surface area contributed by atoms with E-state index < -0.39 is 23.2 Å². The predicted molar refractivity (Wildman–Crippen MR) is 72.6 cm³/mol. The summed E-state index contributed by atoms with van der Waals surface area (Å²) in [5, 5.41) is 2.91. The summed E-state index contributed by atoms with van der Waals surface area (Å²) in [7, 11) is 1.44. The minimum atomic E-state index is -2.72. The standard InChI is InChI=1S/C14H16ClF2NO2/c1-13(2)11(14(13,16)17)7-18-12(19)8-4-5-9(15)10(6-8)20-3/h4-6,11H,7H2,1-3H3,(H,18,19). The van der Waals surface area contributed by atoms with Crippen molar-refractivity contribution < 1.29 is 18.3 Å². The van der Waals surface area contributed by atoms with Crippen molar-refractivity contribution >= 4 is 17.5 Å². The molecule has 1 unspecified atom stereocenters. The highest BCUT2D eigenvalue weighted by Crippen LogP contribution is 2.65. The lowest BCUT2D eigenvalue weighted by atomic mass is 10.1. The molecule has 1 aromatic carbocycles. The fourth-order valence-electron chi connectivity index (χ4n) is 2.24. The Morgan fingerprint density at radius 3 is 2.55 bits per heavy atom. The zero-order chi connectivity index (χ0) is 15.1. The molecule has 0 heterocycles. The molecule has 20 heavy (non-hydrogen) atoms. The molecule has 3 nitrogen and oxygen atoms in total. The third-order valence-corrected chi connectivity index (χ3v) is 4.28. The highest BCUT2D eigenvalue weighted by Gasteiger charge is 2.74. The molecule has 1 aliphatic carbocycles. The first-order valence-corrected chi connectivity index (χ1v) is 6.59. The Morgan fingerprint density at radius 1 is 1.45 bits per heavy atom. The Balaban J connectivity index is 2.00. The van der Waals surface area contributed by atoms with Crippen LogP contribution in [0.5, 0.6) is 5.75 Å². The van der Waals surface area contributed by atoms with Gasteiger partial charge in [0.05, 0.1) is 18.1 Å². The molecule has 6 heteroatoms. The number of hydrogen-bond acceptors (Lipinski definition) is 2. The van der Waals surface area contributed by atoms with Gasteiger partial charge in [0, 0.05) is 17.5 Å². The third kappa shape index (κ3) is 2.35. The minimum absolute atomic E-state index is 0.0518. The Bertz CT molecular complexity index is 532. The van der Waals surface area contributed by atoms with Gasteiger partial charge in [-0.15, -0.1) is 0 Å². The number of hydrogen-bond donors (Lipinski definition) is 1. The summed E-state index contributed by atoms with van der Waals surface area (Å²) < 4.78 is 31.8. The molecule has 0 aromatic heterocycles. The van der Waals surface area contributed by atoms with Crippen molar-refractivity contribution in [3.05, 3.63) is 28.8 Å². The Morgan fingerprint density at radius 2 is 2.05 bits per heavy atom. The molecule has 0 radical (unpaired) electrons. The fourth-order valence-corrected chi connectivity index (χ4v) is 2.43. The van der Waals surface area contributed by atoms with Crippen LogP contribution in [-0.4, -0.2) is 25.5 Å². The number of rotatable bonds is 4. The van der Waals surface area contributed by atoms with Crippen molar-refractivity contribution in [1.82, 2.24) is 5.32 Å². The molecule has 1 aliphatic rings. The lowest BCUT2D eigenvalue weighted by Gasteiger charge is -2.08. The van der Waals surface area contributed by atoms with Gasteiger partial charge < -0.3 is 10.1 Å². The average molecular weight is 304 g/mol. The first-order valence-electron chi connectivity index (χ1n) is 6.21. The number of carbonyl (C=O) groups is 1. The van der Waals surface area contributed by atoms with Gasteiger partial charge in [-0.1, -0.05) is 25.4 Å². The maximum Gasteiger partial charge on any atom is 0.258 e. The molecular formula is C14H16ClF2NO2. The number of alkyl halides is 2. The van der Waals surface area contributed by atoms with Crippen molar-refractivity contribution in [2.75, 3.05) is 13.7 Å². The largest absolute Gasteiger partial charge is 0.495 e. The fraction of sp³-hybridized carbons (Fsp3) is 0.500. The summed E-state index contributed by atoms with van der Waals surface area (Å²) >= 11 is 5.86. The molecule has 110 valence electrons. The maximum absolute atomic E-state index is 13.4. The molecule has 0 spiro atoms. The van der Waals surface area contributed by atoms with Gasteiger partial charge >= 0.3 is 0 Å². The van der Waals surface area contributed by atoms with Crippen LogP contribution in [0.2, 0.25) is 5.02 Å². The van der Waals surface area contributed by atoms with E-state index >= 15 is 0 Å². The molecule has 0 aliphatic heterocycles. The second kappa shape index (κ2) is 4.88. The van der Waals surface area contributed by atoms with Gasteiger partial charge in [-0.05, 0) is 18.2 Å². The van der Waals surface area contributed by atoms with Crippen LogP contribution in [0.1, 0.15) is 24.2 Å². The first-order chi connectivity index (χ1) is 9.21. The van der Waals surface area contributed by atoms with Crippen molar-refractivity contribution in [3.8, 4) is 5.75 Å². The molecule has 1 aromatic rings. The number of nitrogens with one attached hydrogen (secondary N) is 1. The van der Waals surface area contributed by atoms with Gasteiger partial charge in [-0.2, -0.15) is 0 Å². The number of ether oxygens (including phenoxy) is 1. The first kappa shape index (κ1) is 15.0.